The lowest BCUT2D eigenvalue weighted by atomic mass is 10.0. The quantitative estimate of drug-likeness (QED) is 0.0349. The van der Waals surface area contributed by atoms with Crippen LogP contribution >= 0.6 is 0 Å². The smallest absolute Gasteiger partial charge is 0.267 e. The van der Waals surface area contributed by atoms with Gasteiger partial charge in [-0.25, -0.2) is 0 Å². The molecule has 0 heterocycles. The van der Waals surface area contributed by atoms with Crippen molar-refractivity contribution in [3.8, 4) is 0 Å². The van der Waals surface area contributed by atoms with Gasteiger partial charge in [-0.1, -0.05) is 199 Å². The fraction of sp³-hybridized carbons (Fsp3) is 0.923. The van der Waals surface area contributed by atoms with Gasteiger partial charge in [0, 0.05) is 6.42 Å². The van der Waals surface area contributed by atoms with Gasteiger partial charge in [0.1, 0.15) is 0 Å². The number of carbonyl (C=O) groups is 1. The van der Waals surface area contributed by atoms with E-state index in [4.69, 9.17) is 0 Å². The van der Waals surface area contributed by atoms with Crippen LogP contribution in [0.2, 0.25) is 0 Å². The Balaban J connectivity index is 3.91. The van der Waals surface area contributed by atoms with Gasteiger partial charge in [0.2, 0.25) is 5.91 Å². The molecule has 0 rings (SSSR count). The van der Waals surface area contributed by atoms with Crippen molar-refractivity contribution < 1.29 is 22.9 Å². The largest absolute Gasteiger partial charge is 0.387 e. The maximum absolute atomic E-state index is 12.5. The summed E-state index contributed by atoms with van der Waals surface area (Å²) in [7, 11) is -4.33. The van der Waals surface area contributed by atoms with E-state index in [2.05, 4.69) is 19.2 Å². The van der Waals surface area contributed by atoms with E-state index in [1.165, 1.54) is 154 Å². The molecule has 3 N–H and O–H groups in total. The normalized spacial score (nSPS) is 13.4. The van der Waals surface area contributed by atoms with E-state index in [1.54, 1.807) is 6.08 Å². The van der Waals surface area contributed by atoms with Gasteiger partial charge in [0.05, 0.1) is 17.9 Å². The fourth-order valence-corrected chi connectivity index (χ4v) is 6.95. The highest BCUT2D eigenvalue weighted by atomic mass is 32.2. The SMILES string of the molecule is CCCCCCCCCCCCCCCCC/C=C/C(O)C(CS(=O)(=O)O)NC(=O)CCCCCCCCCCCCCCCC. The third-order valence-corrected chi connectivity index (χ3v) is 9.99. The molecule has 0 aliphatic carbocycles. The molecule has 2 unspecified atom stereocenters. The highest BCUT2D eigenvalue weighted by Crippen LogP contribution is 2.15. The number of unbranched alkanes of at least 4 members (excludes halogenated alkanes) is 28. The van der Waals surface area contributed by atoms with Gasteiger partial charge in [-0.2, -0.15) is 8.42 Å². The number of hydrogen-bond donors (Lipinski definition) is 3. The number of nitrogens with one attached hydrogen (secondary N) is 1. The molecular formula is C39H77NO5S. The van der Waals surface area contributed by atoms with Crippen molar-refractivity contribution in [3.63, 3.8) is 0 Å². The predicted octanol–water partition coefficient (Wildman–Crippen LogP) is 11.4. The molecule has 2 atom stereocenters. The molecule has 0 fully saturated rings. The van der Waals surface area contributed by atoms with E-state index in [-0.39, 0.29) is 5.91 Å². The summed E-state index contributed by atoms with van der Waals surface area (Å²) in [6.45, 7) is 4.52. The maximum atomic E-state index is 12.5. The zero-order chi connectivity index (χ0) is 34.0. The number of hydrogen-bond acceptors (Lipinski definition) is 4. The number of allylic oxidation sites excluding steroid dienone is 1. The van der Waals surface area contributed by atoms with E-state index < -0.39 is 28.0 Å². The zero-order valence-corrected chi connectivity index (χ0v) is 31.3. The predicted molar refractivity (Wildman–Crippen MR) is 198 cm³/mol. The average Bonchev–Trinajstić information content (AvgIpc) is 3.01. The Morgan fingerprint density at radius 3 is 1.24 bits per heavy atom. The summed E-state index contributed by atoms with van der Waals surface area (Å²) in [5.41, 5.74) is 0. The van der Waals surface area contributed by atoms with Gasteiger partial charge in [0.25, 0.3) is 10.1 Å². The first-order valence-corrected chi connectivity index (χ1v) is 21.5. The first-order chi connectivity index (χ1) is 22.3. The number of amides is 1. The lowest BCUT2D eigenvalue weighted by molar-refractivity contribution is -0.122. The molecule has 7 heteroatoms. The molecule has 1 amide bonds. The van der Waals surface area contributed by atoms with E-state index >= 15 is 0 Å². The van der Waals surface area contributed by atoms with Crippen molar-refractivity contribution in [1.82, 2.24) is 5.32 Å². The van der Waals surface area contributed by atoms with Crippen molar-refractivity contribution in [1.29, 1.82) is 0 Å². The van der Waals surface area contributed by atoms with Crippen molar-refractivity contribution in [2.45, 2.75) is 225 Å². The van der Waals surface area contributed by atoms with Gasteiger partial charge in [-0.15, -0.1) is 0 Å². The molecule has 46 heavy (non-hydrogen) atoms. The summed E-state index contributed by atoms with van der Waals surface area (Å²) in [6, 6.07) is -1.05. The van der Waals surface area contributed by atoms with Gasteiger partial charge in [-0.3, -0.25) is 9.35 Å². The van der Waals surface area contributed by atoms with Crippen LogP contribution < -0.4 is 5.32 Å². The number of aliphatic hydroxyl groups excluding tert-OH is 1. The third kappa shape index (κ3) is 34.4. The summed E-state index contributed by atoms with van der Waals surface area (Å²) >= 11 is 0. The summed E-state index contributed by atoms with van der Waals surface area (Å²) in [5.74, 6) is -0.968. The van der Waals surface area contributed by atoms with Crippen LogP contribution in [0.4, 0.5) is 0 Å². The Morgan fingerprint density at radius 2 is 0.891 bits per heavy atom. The first kappa shape index (κ1) is 45.1. The van der Waals surface area contributed by atoms with Gasteiger partial charge < -0.3 is 10.4 Å². The first-order valence-electron chi connectivity index (χ1n) is 19.9. The molecular weight excluding hydrogens is 594 g/mol. The molecule has 0 saturated heterocycles. The second kappa shape index (κ2) is 34.0. The van der Waals surface area contributed by atoms with Gasteiger partial charge >= 0.3 is 0 Å². The Bertz CT molecular complexity index is 785. The van der Waals surface area contributed by atoms with Crippen molar-refractivity contribution in [3.05, 3.63) is 12.2 Å². The molecule has 0 bridgehead atoms. The monoisotopic (exact) mass is 672 g/mol. The van der Waals surface area contributed by atoms with Gasteiger partial charge in [-0.05, 0) is 19.3 Å². The van der Waals surface area contributed by atoms with E-state index in [9.17, 15) is 22.9 Å². The van der Waals surface area contributed by atoms with E-state index in [0.29, 0.717) is 6.42 Å². The Morgan fingerprint density at radius 1 is 0.565 bits per heavy atom. The van der Waals surface area contributed by atoms with Crippen LogP contribution in [0.15, 0.2) is 12.2 Å². The standard InChI is InChI=1S/C39H77NO5S/c1-3-5-7-9-11-13-15-17-19-20-21-22-24-26-28-30-32-34-38(41)37(36-46(43,44)45)40-39(42)35-33-31-29-27-25-23-18-16-14-12-10-8-6-4-2/h32,34,37-38,41H,3-31,33,35-36H2,1-2H3,(H,40,42)(H,43,44,45)/b34-32+. The molecule has 0 radical (unpaired) electrons. The van der Waals surface area contributed by atoms with Crippen LogP contribution in [-0.4, -0.2) is 41.9 Å². The summed E-state index contributed by atoms with van der Waals surface area (Å²) < 4.78 is 32.4. The minimum Gasteiger partial charge on any atom is -0.387 e. The molecule has 0 saturated carbocycles. The van der Waals surface area contributed by atoms with Crippen molar-refractivity contribution in [2.75, 3.05) is 5.75 Å². The Kier molecular flexibility index (Phi) is 33.3. The van der Waals surface area contributed by atoms with Crippen LogP contribution in [0.25, 0.3) is 0 Å². The van der Waals surface area contributed by atoms with Crippen LogP contribution in [0.1, 0.15) is 213 Å². The number of rotatable bonds is 36. The minimum atomic E-state index is -4.33. The lowest BCUT2D eigenvalue weighted by Crippen LogP contribution is -2.46. The molecule has 274 valence electrons. The highest BCUT2D eigenvalue weighted by Gasteiger charge is 2.24. The molecule has 0 aliphatic rings. The lowest BCUT2D eigenvalue weighted by Gasteiger charge is -2.21. The van der Waals surface area contributed by atoms with Crippen molar-refractivity contribution in [2.24, 2.45) is 0 Å². The molecule has 0 aromatic carbocycles. The fourth-order valence-electron chi connectivity index (χ4n) is 6.21. The van der Waals surface area contributed by atoms with Crippen LogP contribution in [0.3, 0.4) is 0 Å². The molecule has 0 spiro atoms. The third-order valence-electron chi connectivity index (χ3n) is 9.21. The molecule has 0 aromatic heterocycles. The highest BCUT2D eigenvalue weighted by molar-refractivity contribution is 7.85. The Hall–Kier alpha value is -0.920. The zero-order valence-electron chi connectivity index (χ0n) is 30.5. The van der Waals surface area contributed by atoms with E-state index in [0.717, 1.165) is 38.5 Å². The average molecular weight is 672 g/mol. The minimum absolute atomic E-state index is 0.276. The molecule has 0 aliphatic heterocycles. The second-order valence-electron chi connectivity index (χ2n) is 13.9. The van der Waals surface area contributed by atoms with Crippen molar-refractivity contribution >= 4 is 16.0 Å². The number of carbonyl (C=O) groups excluding carboxylic acids is 1. The van der Waals surface area contributed by atoms with Gasteiger partial charge in [0.15, 0.2) is 0 Å². The second-order valence-corrected chi connectivity index (χ2v) is 15.4. The summed E-state index contributed by atoms with van der Waals surface area (Å²) in [6.07, 6.45) is 40.5. The summed E-state index contributed by atoms with van der Waals surface area (Å²) in [4.78, 5) is 12.5. The molecule has 6 nitrogen and oxygen atoms in total. The van der Waals surface area contributed by atoms with Crippen LogP contribution in [0.5, 0.6) is 0 Å². The van der Waals surface area contributed by atoms with Crippen LogP contribution in [-0.2, 0) is 14.9 Å². The Labute approximate surface area is 286 Å². The summed E-state index contributed by atoms with van der Waals surface area (Å²) in [5, 5.41) is 13.2. The number of aliphatic hydroxyl groups is 1. The maximum Gasteiger partial charge on any atom is 0.267 e. The van der Waals surface area contributed by atoms with Crippen LogP contribution in [0, 0.1) is 0 Å². The van der Waals surface area contributed by atoms with E-state index in [1.807, 2.05) is 6.08 Å². The molecule has 0 aromatic rings. The topological polar surface area (TPSA) is 104 Å².